The molecular weight excluding hydrogens is 302 g/mol. The molecule has 0 aliphatic heterocycles. The number of anilines is 1. The zero-order valence-corrected chi connectivity index (χ0v) is 14.0. The van der Waals surface area contributed by atoms with E-state index in [0.29, 0.717) is 23.3 Å². The Hall–Kier alpha value is -1.59. The molecule has 1 aliphatic carbocycles. The third kappa shape index (κ3) is 5.00. The molecule has 0 saturated heterocycles. The quantitative estimate of drug-likeness (QED) is 0.721. The van der Waals surface area contributed by atoms with Crippen LogP contribution in [0.2, 0.25) is 5.02 Å². The molecule has 120 valence electrons. The van der Waals surface area contributed by atoms with Crippen molar-refractivity contribution in [2.45, 2.75) is 32.7 Å². The normalized spacial score (nSPS) is 15.3. The van der Waals surface area contributed by atoms with Gasteiger partial charge in [-0.15, -0.1) is 0 Å². The summed E-state index contributed by atoms with van der Waals surface area (Å²) in [6, 6.07) is 4.15. The number of aryl methyl sites for hydroxylation is 2. The van der Waals surface area contributed by atoms with Crippen molar-refractivity contribution in [3.05, 3.63) is 28.3 Å². The maximum atomic E-state index is 12.1. The average Bonchev–Trinajstić information content (AvgIpc) is 3.17. The van der Waals surface area contributed by atoms with Crippen LogP contribution >= 0.6 is 11.6 Å². The van der Waals surface area contributed by atoms with Crippen LogP contribution in [0.1, 0.15) is 24.0 Å². The Kier molecular flexibility index (Phi) is 5.42. The topological polar surface area (TPSA) is 62.6 Å². The van der Waals surface area contributed by atoms with Crippen molar-refractivity contribution < 1.29 is 14.5 Å². The van der Waals surface area contributed by atoms with E-state index < -0.39 is 0 Å². The smallest absolute Gasteiger partial charge is 0.279 e. The third-order valence-electron chi connectivity index (χ3n) is 3.56. The first-order valence-electron chi connectivity index (χ1n) is 7.52. The number of halogens is 1. The Morgan fingerprint density at radius 3 is 2.45 bits per heavy atom. The molecule has 1 fully saturated rings. The van der Waals surface area contributed by atoms with Crippen LogP contribution in [0.25, 0.3) is 0 Å². The third-order valence-corrected chi connectivity index (χ3v) is 3.86. The van der Waals surface area contributed by atoms with Gasteiger partial charge < -0.3 is 15.5 Å². The maximum Gasteiger partial charge on any atom is 0.279 e. The highest BCUT2D eigenvalue weighted by atomic mass is 35.5. The number of hydrogen-bond acceptors (Lipinski definition) is 2. The zero-order valence-electron chi connectivity index (χ0n) is 13.3. The van der Waals surface area contributed by atoms with E-state index in [2.05, 4.69) is 10.6 Å². The Balaban J connectivity index is 1.85. The second kappa shape index (κ2) is 7.11. The van der Waals surface area contributed by atoms with Gasteiger partial charge in [-0.25, -0.2) is 0 Å². The predicted molar refractivity (Wildman–Crippen MR) is 87.3 cm³/mol. The molecule has 2 rings (SSSR count). The van der Waals surface area contributed by atoms with Crippen molar-refractivity contribution in [2.75, 3.05) is 25.5 Å². The highest BCUT2D eigenvalue weighted by molar-refractivity contribution is 6.34. The van der Waals surface area contributed by atoms with Gasteiger partial charge in [0.1, 0.15) is 0 Å². The molecular formula is C16H23ClN3O2+. The van der Waals surface area contributed by atoms with Crippen molar-refractivity contribution in [2.24, 2.45) is 0 Å². The number of carbonyl (C=O) groups excluding carboxylic acids is 2. The monoisotopic (exact) mass is 324 g/mol. The van der Waals surface area contributed by atoms with Crippen LogP contribution in [-0.4, -0.2) is 38.0 Å². The lowest BCUT2D eigenvalue weighted by atomic mass is 10.1. The van der Waals surface area contributed by atoms with Gasteiger partial charge in [0, 0.05) is 6.04 Å². The van der Waals surface area contributed by atoms with Crippen LogP contribution in [0.4, 0.5) is 5.69 Å². The van der Waals surface area contributed by atoms with Gasteiger partial charge in [-0.1, -0.05) is 17.7 Å². The van der Waals surface area contributed by atoms with Crippen molar-refractivity contribution in [3.8, 4) is 0 Å². The molecule has 5 nitrogen and oxygen atoms in total. The molecule has 0 spiro atoms. The summed E-state index contributed by atoms with van der Waals surface area (Å²) in [5, 5.41) is 6.30. The van der Waals surface area contributed by atoms with Crippen molar-refractivity contribution in [3.63, 3.8) is 0 Å². The first kappa shape index (κ1) is 16.8. The summed E-state index contributed by atoms with van der Waals surface area (Å²) in [5.41, 5.74) is 2.63. The van der Waals surface area contributed by atoms with Crippen LogP contribution in [0, 0.1) is 13.8 Å². The maximum absolute atomic E-state index is 12.1. The summed E-state index contributed by atoms with van der Waals surface area (Å²) in [7, 11) is 1.83. The second-order valence-electron chi connectivity index (χ2n) is 6.14. The first-order chi connectivity index (χ1) is 10.3. The van der Waals surface area contributed by atoms with Gasteiger partial charge in [0.25, 0.3) is 11.8 Å². The number of rotatable bonds is 6. The van der Waals surface area contributed by atoms with Crippen LogP contribution in [0.3, 0.4) is 0 Å². The average molecular weight is 325 g/mol. The predicted octanol–water partition coefficient (Wildman–Crippen LogP) is 0.689. The van der Waals surface area contributed by atoms with Gasteiger partial charge in [-0.05, 0) is 43.9 Å². The molecule has 0 aromatic heterocycles. The second-order valence-corrected chi connectivity index (χ2v) is 6.55. The van der Waals surface area contributed by atoms with E-state index >= 15 is 0 Å². The van der Waals surface area contributed by atoms with Gasteiger partial charge in [0.2, 0.25) is 0 Å². The molecule has 0 radical (unpaired) electrons. The number of amides is 2. The summed E-state index contributed by atoms with van der Waals surface area (Å²) in [5.74, 6) is -0.150. The van der Waals surface area contributed by atoms with Gasteiger partial charge in [0.15, 0.2) is 13.1 Å². The molecule has 0 heterocycles. The summed E-state index contributed by atoms with van der Waals surface area (Å²) in [6.45, 7) is 4.39. The molecule has 1 atom stereocenters. The SMILES string of the molecule is Cc1cc(C)c(NC(=O)C[NH+](C)CC(=O)NC2CC2)c(Cl)c1. The van der Waals surface area contributed by atoms with Gasteiger partial charge >= 0.3 is 0 Å². The fraction of sp³-hybridized carbons (Fsp3) is 0.500. The standard InChI is InChI=1S/C16H22ClN3O2/c1-10-6-11(2)16(13(17)7-10)19-15(22)9-20(3)8-14(21)18-12-4-5-12/h6-7,12H,4-5,8-9H2,1-3H3,(H,18,21)(H,19,22)/p+1. The van der Waals surface area contributed by atoms with Gasteiger partial charge in [-0.2, -0.15) is 0 Å². The van der Waals surface area contributed by atoms with Crippen molar-refractivity contribution >= 4 is 29.1 Å². The van der Waals surface area contributed by atoms with E-state index in [9.17, 15) is 9.59 Å². The minimum absolute atomic E-state index is 0.00245. The van der Waals surface area contributed by atoms with E-state index in [1.807, 2.05) is 33.0 Å². The van der Waals surface area contributed by atoms with Crippen LogP contribution in [0.15, 0.2) is 12.1 Å². The molecule has 3 N–H and O–H groups in total. The van der Waals surface area contributed by atoms with Gasteiger partial charge in [-0.3, -0.25) is 9.59 Å². The Morgan fingerprint density at radius 2 is 1.86 bits per heavy atom. The zero-order chi connectivity index (χ0) is 16.3. The first-order valence-corrected chi connectivity index (χ1v) is 7.90. The summed E-state index contributed by atoms with van der Waals surface area (Å²) < 4.78 is 0. The lowest BCUT2D eigenvalue weighted by molar-refractivity contribution is -0.862. The van der Waals surface area contributed by atoms with Gasteiger partial charge in [0.05, 0.1) is 17.8 Å². The molecule has 1 unspecified atom stereocenters. The Morgan fingerprint density at radius 1 is 1.23 bits per heavy atom. The highest BCUT2D eigenvalue weighted by Crippen LogP contribution is 2.27. The minimum Gasteiger partial charge on any atom is -0.348 e. The molecule has 0 bridgehead atoms. The van der Waals surface area contributed by atoms with E-state index in [4.69, 9.17) is 11.6 Å². The minimum atomic E-state index is -0.148. The van der Waals surface area contributed by atoms with E-state index in [1.54, 1.807) is 0 Å². The van der Waals surface area contributed by atoms with Crippen LogP contribution < -0.4 is 15.5 Å². The Bertz CT molecular complexity index is 562. The number of quaternary nitrogens is 1. The Labute approximate surface area is 136 Å². The van der Waals surface area contributed by atoms with Crippen LogP contribution in [0.5, 0.6) is 0 Å². The molecule has 1 saturated carbocycles. The van der Waals surface area contributed by atoms with Crippen LogP contribution in [-0.2, 0) is 9.59 Å². The molecule has 1 aliphatic rings. The highest BCUT2D eigenvalue weighted by Gasteiger charge is 2.25. The number of likely N-dealkylation sites (N-methyl/N-ethyl adjacent to an activating group) is 1. The lowest BCUT2D eigenvalue weighted by Gasteiger charge is -2.15. The van der Waals surface area contributed by atoms with E-state index in [0.717, 1.165) is 28.9 Å². The van der Waals surface area contributed by atoms with Crippen molar-refractivity contribution in [1.29, 1.82) is 0 Å². The molecule has 22 heavy (non-hydrogen) atoms. The number of carbonyl (C=O) groups is 2. The van der Waals surface area contributed by atoms with E-state index in [1.165, 1.54) is 0 Å². The van der Waals surface area contributed by atoms with E-state index in [-0.39, 0.29) is 18.4 Å². The molecule has 2 amide bonds. The summed E-state index contributed by atoms with van der Waals surface area (Å²) in [4.78, 5) is 24.7. The lowest BCUT2D eigenvalue weighted by Crippen LogP contribution is -3.11. The number of nitrogens with one attached hydrogen (secondary N) is 3. The van der Waals surface area contributed by atoms with Crippen molar-refractivity contribution in [1.82, 2.24) is 5.32 Å². The number of hydrogen-bond donors (Lipinski definition) is 3. The molecule has 6 heteroatoms. The summed E-state index contributed by atoms with van der Waals surface area (Å²) >= 11 is 6.18. The largest absolute Gasteiger partial charge is 0.348 e. The number of benzene rings is 1. The molecule has 1 aromatic carbocycles. The summed E-state index contributed by atoms with van der Waals surface area (Å²) in [6.07, 6.45) is 2.13. The fourth-order valence-electron chi connectivity index (χ4n) is 2.37. The fourth-order valence-corrected chi connectivity index (χ4v) is 2.74. The molecule has 1 aromatic rings.